The number of hydrogen-bond donors (Lipinski definition) is 2. The van der Waals surface area contributed by atoms with Crippen molar-refractivity contribution in [1.29, 1.82) is 0 Å². The van der Waals surface area contributed by atoms with E-state index in [9.17, 15) is 9.90 Å². The van der Waals surface area contributed by atoms with Gasteiger partial charge in [-0.15, -0.1) is 0 Å². The second-order valence-corrected chi connectivity index (χ2v) is 5.91. The Kier molecular flexibility index (Phi) is 3.69. The van der Waals surface area contributed by atoms with Crippen LogP contribution < -0.4 is 5.32 Å². The van der Waals surface area contributed by atoms with E-state index in [1.165, 1.54) is 10.6 Å². The molecular weight excluding hydrogens is 311 g/mol. The van der Waals surface area contributed by atoms with Gasteiger partial charge in [0.05, 0.1) is 17.2 Å². The first-order chi connectivity index (χ1) is 9.99. The van der Waals surface area contributed by atoms with Gasteiger partial charge in [-0.1, -0.05) is 47.5 Å². The smallest absolute Gasteiger partial charge is 0.268 e. The van der Waals surface area contributed by atoms with Gasteiger partial charge in [-0.05, 0) is 17.2 Å². The van der Waals surface area contributed by atoms with E-state index in [2.05, 4.69) is 5.32 Å². The van der Waals surface area contributed by atoms with Crippen LogP contribution in [0.25, 0.3) is 0 Å². The lowest BCUT2D eigenvalue weighted by molar-refractivity contribution is 0.0850. The van der Waals surface area contributed by atoms with E-state index in [0.717, 1.165) is 11.1 Å². The highest BCUT2D eigenvalue weighted by molar-refractivity contribution is 6.41. The molecule has 3 rings (SSSR count). The minimum Gasteiger partial charge on any atom is -0.390 e. The molecule has 0 fully saturated rings. The van der Waals surface area contributed by atoms with Gasteiger partial charge in [0.1, 0.15) is 10.8 Å². The molecule has 0 radical (unpaired) electrons. The van der Waals surface area contributed by atoms with Crippen LogP contribution in [0.3, 0.4) is 0 Å². The SMILES string of the molecule is Cn1c(C(=O)N[C@H]2c3ccccc3C[C@H]2O)cc(Cl)c1Cl. The second-order valence-electron chi connectivity index (χ2n) is 5.15. The first-order valence-electron chi connectivity index (χ1n) is 6.56. The van der Waals surface area contributed by atoms with Gasteiger partial charge in [0.15, 0.2) is 0 Å². The fourth-order valence-electron chi connectivity index (χ4n) is 2.72. The summed E-state index contributed by atoms with van der Waals surface area (Å²) in [5.74, 6) is -0.313. The molecule has 0 bridgehead atoms. The number of carbonyl (C=O) groups excluding carboxylic acids is 1. The van der Waals surface area contributed by atoms with Crippen molar-refractivity contribution in [3.8, 4) is 0 Å². The predicted molar refractivity (Wildman–Crippen MR) is 81.8 cm³/mol. The van der Waals surface area contributed by atoms with Gasteiger partial charge in [-0.3, -0.25) is 4.79 Å². The van der Waals surface area contributed by atoms with Crippen molar-refractivity contribution >= 4 is 29.1 Å². The Hall–Kier alpha value is -1.49. The van der Waals surface area contributed by atoms with Crippen LogP contribution in [-0.2, 0) is 13.5 Å². The van der Waals surface area contributed by atoms with Crippen molar-refractivity contribution in [2.45, 2.75) is 18.6 Å². The monoisotopic (exact) mass is 324 g/mol. The summed E-state index contributed by atoms with van der Waals surface area (Å²) in [4.78, 5) is 12.4. The number of hydrogen-bond acceptors (Lipinski definition) is 2. The quantitative estimate of drug-likeness (QED) is 0.892. The molecule has 0 aliphatic heterocycles. The molecule has 1 heterocycles. The molecule has 2 N–H and O–H groups in total. The molecule has 0 spiro atoms. The number of carbonyl (C=O) groups is 1. The van der Waals surface area contributed by atoms with Crippen molar-refractivity contribution in [2.24, 2.45) is 7.05 Å². The summed E-state index contributed by atoms with van der Waals surface area (Å²) in [6.45, 7) is 0. The van der Waals surface area contributed by atoms with Crippen molar-refractivity contribution in [3.63, 3.8) is 0 Å². The number of rotatable bonds is 2. The van der Waals surface area contributed by atoms with Crippen LogP contribution in [0, 0.1) is 0 Å². The summed E-state index contributed by atoms with van der Waals surface area (Å²) in [5, 5.41) is 13.7. The van der Waals surface area contributed by atoms with Gasteiger partial charge in [0.2, 0.25) is 0 Å². The normalized spacial score (nSPS) is 20.4. The van der Waals surface area contributed by atoms with Gasteiger partial charge in [-0.2, -0.15) is 0 Å². The van der Waals surface area contributed by atoms with E-state index in [0.29, 0.717) is 22.3 Å². The summed E-state index contributed by atoms with van der Waals surface area (Å²) in [6.07, 6.45) is -0.0898. The third-order valence-electron chi connectivity index (χ3n) is 3.84. The maximum atomic E-state index is 12.4. The molecule has 1 amide bonds. The number of amides is 1. The molecule has 6 heteroatoms. The van der Waals surface area contributed by atoms with Crippen LogP contribution in [0.2, 0.25) is 10.2 Å². The first kappa shape index (κ1) is 14.4. The molecule has 0 saturated carbocycles. The third kappa shape index (κ3) is 2.44. The van der Waals surface area contributed by atoms with E-state index in [-0.39, 0.29) is 5.91 Å². The van der Waals surface area contributed by atoms with Crippen molar-refractivity contribution in [2.75, 3.05) is 0 Å². The average molecular weight is 325 g/mol. The molecule has 2 aromatic rings. The first-order valence-corrected chi connectivity index (χ1v) is 7.32. The zero-order valence-corrected chi connectivity index (χ0v) is 12.8. The largest absolute Gasteiger partial charge is 0.390 e. The van der Waals surface area contributed by atoms with Gasteiger partial charge in [0, 0.05) is 13.5 Å². The maximum absolute atomic E-state index is 12.4. The minimum absolute atomic E-state index is 0.313. The highest BCUT2D eigenvalue weighted by Crippen LogP contribution is 2.32. The number of nitrogens with one attached hydrogen (secondary N) is 1. The van der Waals surface area contributed by atoms with E-state index < -0.39 is 12.1 Å². The van der Waals surface area contributed by atoms with Gasteiger partial charge >= 0.3 is 0 Å². The van der Waals surface area contributed by atoms with E-state index in [1.54, 1.807) is 7.05 Å². The Morgan fingerprint density at radius 3 is 2.76 bits per heavy atom. The topological polar surface area (TPSA) is 54.3 Å². The predicted octanol–water partition coefficient (Wildman–Crippen LogP) is 2.72. The lowest BCUT2D eigenvalue weighted by Crippen LogP contribution is -2.34. The van der Waals surface area contributed by atoms with Crippen LogP contribution in [0.15, 0.2) is 30.3 Å². The summed E-state index contributed by atoms with van der Waals surface area (Å²) < 4.78 is 1.52. The molecule has 21 heavy (non-hydrogen) atoms. The van der Waals surface area contributed by atoms with E-state index in [1.807, 2.05) is 24.3 Å². The summed E-state index contributed by atoms with van der Waals surface area (Å²) >= 11 is 11.9. The third-order valence-corrected chi connectivity index (χ3v) is 4.68. The lowest BCUT2D eigenvalue weighted by atomic mass is 10.1. The van der Waals surface area contributed by atoms with Crippen molar-refractivity contribution in [1.82, 2.24) is 9.88 Å². The minimum atomic E-state index is -0.627. The highest BCUT2D eigenvalue weighted by Gasteiger charge is 2.32. The fraction of sp³-hybridized carbons (Fsp3) is 0.267. The highest BCUT2D eigenvalue weighted by atomic mass is 35.5. The molecule has 0 unspecified atom stereocenters. The number of aliphatic hydroxyl groups is 1. The van der Waals surface area contributed by atoms with Crippen LogP contribution in [0.1, 0.15) is 27.7 Å². The molecule has 110 valence electrons. The molecular formula is C15H14Cl2N2O2. The van der Waals surface area contributed by atoms with E-state index >= 15 is 0 Å². The second kappa shape index (κ2) is 5.37. The van der Waals surface area contributed by atoms with Crippen LogP contribution in [-0.4, -0.2) is 21.7 Å². The number of fused-ring (bicyclic) bond motifs is 1. The Morgan fingerprint density at radius 2 is 2.10 bits per heavy atom. The average Bonchev–Trinajstić information content (AvgIpc) is 2.91. The van der Waals surface area contributed by atoms with E-state index in [4.69, 9.17) is 23.2 Å². The molecule has 1 aliphatic rings. The summed E-state index contributed by atoms with van der Waals surface area (Å²) in [5.41, 5.74) is 2.37. The Morgan fingerprint density at radius 1 is 1.38 bits per heavy atom. The molecule has 1 aromatic heterocycles. The summed E-state index contributed by atoms with van der Waals surface area (Å²) in [7, 11) is 1.67. The Bertz CT molecular complexity index is 712. The standard InChI is InChI=1S/C15H14Cl2N2O2/c1-19-11(7-10(16)14(19)17)15(21)18-13-9-5-3-2-4-8(9)6-12(13)20/h2-5,7,12-13,20H,6H2,1H3,(H,18,21)/t12-,13+/m1/s1. The van der Waals surface area contributed by atoms with Crippen molar-refractivity contribution in [3.05, 3.63) is 57.3 Å². The zero-order valence-electron chi connectivity index (χ0n) is 11.3. The zero-order chi connectivity index (χ0) is 15.1. The van der Waals surface area contributed by atoms with Gasteiger partial charge in [-0.25, -0.2) is 0 Å². The number of aromatic nitrogens is 1. The number of nitrogens with zero attached hydrogens (tertiary/aromatic N) is 1. The number of aliphatic hydroxyl groups excluding tert-OH is 1. The molecule has 2 atom stereocenters. The van der Waals surface area contributed by atoms with Crippen LogP contribution in [0.5, 0.6) is 0 Å². The Balaban J connectivity index is 1.87. The summed E-state index contributed by atoms with van der Waals surface area (Å²) in [6, 6.07) is 8.80. The Labute approximate surface area is 132 Å². The molecule has 1 aliphatic carbocycles. The van der Waals surface area contributed by atoms with Crippen LogP contribution in [0.4, 0.5) is 0 Å². The molecule has 0 saturated heterocycles. The number of halogens is 2. The van der Waals surface area contributed by atoms with Crippen molar-refractivity contribution < 1.29 is 9.90 Å². The van der Waals surface area contributed by atoms with Gasteiger partial charge < -0.3 is 15.0 Å². The molecule has 4 nitrogen and oxygen atoms in total. The lowest BCUT2D eigenvalue weighted by Gasteiger charge is -2.18. The molecule has 1 aromatic carbocycles. The fourth-order valence-corrected chi connectivity index (χ4v) is 3.10. The number of benzene rings is 1. The van der Waals surface area contributed by atoms with Crippen LogP contribution >= 0.6 is 23.2 Å². The maximum Gasteiger partial charge on any atom is 0.268 e. The van der Waals surface area contributed by atoms with Gasteiger partial charge in [0.25, 0.3) is 5.91 Å².